The van der Waals surface area contributed by atoms with E-state index in [1.807, 2.05) is 0 Å². The molecule has 0 bridgehead atoms. The van der Waals surface area contributed by atoms with Crippen molar-refractivity contribution in [3.8, 4) is 11.6 Å². The molecule has 0 amide bonds. The number of methoxy groups -OCH3 is 1. The summed E-state index contributed by atoms with van der Waals surface area (Å²) in [5.74, 6) is 6.50. The molecule has 1 fully saturated rings. The molecule has 1 aromatic rings. The Morgan fingerprint density at radius 1 is 1.50 bits per heavy atom. The van der Waals surface area contributed by atoms with E-state index in [4.69, 9.17) is 20.1 Å². The highest BCUT2D eigenvalue weighted by molar-refractivity contribution is 5.54. The van der Waals surface area contributed by atoms with Crippen molar-refractivity contribution in [1.82, 2.24) is 9.97 Å². The average Bonchev–Trinajstić information content (AvgIpc) is 2.45. The number of aromatic nitrogens is 2. The lowest BCUT2D eigenvalue weighted by atomic mass is 10.1. The first-order valence-corrected chi connectivity index (χ1v) is 5.95. The SMILES string of the molecule is COc1c(NN)ncnc1OCC1CCCCO1. The smallest absolute Gasteiger partial charge is 0.262 e. The molecule has 100 valence electrons. The zero-order chi connectivity index (χ0) is 12.8. The van der Waals surface area contributed by atoms with Gasteiger partial charge >= 0.3 is 0 Å². The van der Waals surface area contributed by atoms with Crippen LogP contribution in [0.15, 0.2) is 6.33 Å². The number of hydrazine groups is 1. The van der Waals surface area contributed by atoms with Crippen LogP contribution < -0.4 is 20.7 Å². The van der Waals surface area contributed by atoms with Gasteiger partial charge in [0.25, 0.3) is 5.88 Å². The highest BCUT2D eigenvalue weighted by Gasteiger charge is 2.17. The Hall–Kier alpha value is -1.60. The third-order valence-electron chi connectivity index (χ3n) is 2.79. The maximum absolute atomic E-state index is 5.61. The third kappa shape index (κ3) is 2.99. The summed E-state index contributed by atoms with van der Waals surface area (Å²) in [4.78, 5) is 7.97. The van der Waals surface area contributed by atoms with E-state index >= 15 is 0 Å². The lowest BCUT2D eigenvalue weighted by molar-refractivity contribution is -0.0124. The van der Waals surface area contributed by atoms with Crippen LogP contribution in [0.25, 0.3) is 0 Å². The number of hydrogen-bond acceptors (Lipinski definition) is 7. The summed E-state index contributed by atoms with van der Waals surface area (Å²) in [5.41, 5.74) is 2.44. The molecular formula is C11H18N4O3. The van der Waals surface area contributed by atoms with Crippen molar-refractivity contribution in [2.24, 2.45) is 5.84 Å². The summed E-state index contributed by atoms with van der Waals surface area (Å²) < 4.78 is 16.4. The molecule has 0 radical (unpaired) electrons. The molecule has 1 unspecified atom stereocenters. The van der Waals surface area contributed by atoms with E-state index in [-0.39, 0.29) is 6.10 Å². The van der Waals surface area contributed by atoms with Gasteiger partial charge in [0.1, 0.15) is 12.9 Å². The summed E-state index contributed by atoms with van der Waals surface area (Å²) >= 11 is 0. The lowest BCUT2D eigenvalue weighted by Crippen LogP contribution is -2.26. The number of nitrogen functional groups attached to an aromatic ring is 1. The zero-order valence-electron chi connectivity index (χ0n) is 10.4. The van der Waals surface area contributed by atoms with E-state index in [9.17, 15) is 0 Å². The predicted octanol–water partition coefficient (Wildman–Crippen LogP) is 0.719. The van der Waals surface area contributed by atoms with Crippen LogP contribution in [-0.4, -0.2) is 36.4 Å². The van der Waals surface area contributed by atoms with Crippen LogP contribution in [0, 0.1) is 0 Å². The number of anilines is 1. The Kier molecular flexibility index (Phi) is 4.54. The summed E-state index contributed by atoms with van der Waals surface area (Å²) in [6.07, 6.45) is 4.79. The van der Waals surface area contributed by atoms with Crippen molar-refractivity contribution < 1.29 is 14.2 Å². The Bertz CT molecular complexity index is 383. The molecule has 0 spiro atoms. The molecule has 2 rings (SSSR count). The van der Waals surface area contributed by atoms with Gasteiger partial charge in [0, 0.05) is 6.61 Å². The molecule has 1 saturated heterocycles. The van der Waals surface area contributed by atoms with Crippen molar-refractivity contribution in [3.05, 3.63) is 6.33 Å². The van der Waals surface area contributed by atoms with Crippen LogP contribution in [0.5, 0.6) is 11.6 Å². The van der Waals surface area contributed by atoms with Crippen LogP contribution in [0.3, 0.4) is 0 Å². The van der Waals surface area contributed by atoms with Crippen molar-refractivity contribution in [2.45, 2.75) is 25.4 Å². The van der Waals surface area contributed by atoms with Crippen molar-refractivity contribution >= 4 is 5.82 Å². The molecule has 1 aliphatic heterocycles. The molecule has 1 aromatic heterocycles. The fourth-order valence-electron chi connectivity index (χ4n) is 1.86. The molecule has 1 atom stereocenters. The number of hydrogen-bond donors (Lipinski definition) is 2. The zero-order valence-corrected chi connectivity index (χ0v) is 10.4. The van der Waals surface area contributed by atoms with Gasteiger partial charge in [-0.2, -0.15) is 4.98 Å². The van der Waals surface area contributed by atoms with E-state index in [1.165, 1.54) is 19.9 Å². The minimum Gasteiger partial charge on any atom is -0.489 e. The molecular weight excluding hydrogens is 236 g/mol. The van der Waals surface area contributed by atoms with Gasteiger partial charge in [-0.15, -0.1) is 0 Å². The summed E-state index contributed by atoms with van der Waals surface area (Å²) in [6, 6.07) is 0. The molecule has 1 aliphatic rings. The molecule has 0 saturated carbocycles. The fourth-order valence-corrected chi connectivity index (χ4v) is 1.86. The quantitative estimate of drug-likeness (QED) is 0.590. The van der Waals surface area contributed by atoms with Crippen molar-refractivity contribution in [3.63, 3.8) is 0 Å². The first kappa shape index (κ1) is 12.8. The second-order valence-corrected chi connectivity index (χ2v) is 4.00. The first-order valence-electron chi connectivity index (χ1n) is 5.95. The van der Waals surface area contributed by atoms with Gasteiger partial charge in [0.2, 0.25) is 5.75 Å². The maximum Gasteiger partial charge on any atom is 0.262 e. The van der Waals surface area contributed by atoms with E-state index < -0.39 is 0 Å². The molecule has 7 nitrogen and oxygen atoms in total. The highest BCUT2D eigenvalue weighted by atomic mass is 16.5. The minimum absolute atomic E-state index is 0.118. The summed E-state index contributed by atoms with van der Waals surface area (Å²) in [5, 5.41) is 0. The minimum atomic E-state index is 0.118. The molecule has 0 aromatic carbocycles. The Labute approximate surface area is 106 Å². The topological polar surface area (TPSA) is 91.5 Å². The summed E-state index contributed by atoms with van der Waals surface area (Å²) in [6.45, 7) is 1.25. The largest absolute Gasteiger partial charge is 0.489 e. The highest BCUT2D eigenvalue weighted by Crippen LogP contribution is 2.30. The average molecular weight is 254 g/mol. The standard InChI is InChI=1S/C11H18N4O3/c1-16-9-10(15-12)13-7-14-11(9)18-6-8-4-2-3-5-17-8/h7-8H,2-6,12H2,1H3,(H,13,14,15). The van der Waals surface area contributed by atoms with Gasteiger partial charge in [-0.05, 0) is 19.3 Å². The second kappa shape index (κ2) is 6.36. The Balaban J connectivity index is 1.99. The fraction of sp³-hybridized carbons (Fsp3) is 0.636. The van der Waals surface area contributed by atoms with E-state index in [2.05, 4.69) is 15.4 Å². The first-order chi connectivity index (χ1) is 8.85. The molecule has 0 aliphatic carbocycles. The molecule has 7 heteroatoms. The van der Waals surface area contributed by atoms with Gasteiger partial charge in [-0.25, -0.2) is 10.8 Å². The number of nitrogens with one attached hydrogen (secondary N) is 1. The Morgan fingerprint density at radius 2 is 2.39 bits per heavy atom. The number of nitrogens with two attached hydrogens (primary N) is 1. The van der Waals surface area contributed by atoms with Crippen LogP contribution in [0.1, 0.15) is 19.3 Å². The maximum atomic E-state index is 5.61. The van der Waals surface area contributed by atoms with E-state index in [0.29, 0.717) is 24.1 Å². The number of ether oxygens (including phenoxy) is 3. The number of nitrogens with zero attached hydrogens (tertiary/aromatic N) is 2. The molecule has 3 N–H and O–H groups in total. The van der Waals surface area contributed by atoms with Gasteiger partial charge in [0.15, 0.2) is 5.82 Å². The second-order valence-electron chi connectivity index (χ2n) is 4.00. The molecule has 18 heavy (non-hydrogen) atoms. The monoisotopic (exact) mass is 254 g/mol. The van der Waals surface area contributed by atoms with Crippen molar-refractivity contribution in [1.29, 1.82) is 0 Å². The van der Waals surface area contributed by atoms with Crippen LogP contribution in [0.2, 0.25) is 0 Å². The van der Waals surface area contributed by atoms with Crippen LogP contribution >= 0.6 is 0 Å². The summed E-state index contributed by atoms with van der Waals surface area (Å²) in [7, 11) is 1.52. The Morgan fingerprint density at radius 3 is 3.06 bits per heavy atom. The van der Waals surface area contributed by atoms with Gasteiger partial charge < -0.3 is 19.6 Å². The third-order valence-corrected chi connectivity index (χ3v) is 2.79. The van der Waals surface area contributed by atoms with Gasteiger partial charge in [0.05, 0.1) is 13.2 Å². The van der Waals surface area contributed by atoms with Crippen LogP contribution in [-0.2, 0) is 4.74 Å². The van der Waals surface area contributed by atoms with Gasteiger partial charge in [-0.1, -0.05) is 0 Å². The van der Waals surface area contributed by atoms with E-state index in [1.54, 1.807) is 0 Å². The predicted molar refractivity (Wildman–Crippen MR) is 65.5 cm³/mol. The van der Waals surface area contributed by atoms with Crippen LogP contribution in [0.4, 0.5) is 5.82 Å². The van der Waals surface area contributed by atoms with Gasteiger partial charge in [-0.3, -0.25) is 0 Å². The lowest BCUT2D eigenvalue weighted by Gasteiger charge is -2.22. The molecule has 2 heterocycles. The number of rotatable bonds is 5. The normalized spacial score (nSPS) is 19.3. The van der Waals surface area contributed by atoms with E-state index in [0.717, 1.165) is 19.4 Å². The van der Waals surface area contributed by atoms with Crippen molar-refractivity contribution in [2.75, 3.05) is 25.7 Å².